The van der Waals surface area contributed by atoms with Crippen LogP contribution in [0.5, 0.6) is 0 Å². The Labute approximate surface area is 153 Å². The number of hydrogen-bond acceptors (Lipinski definition) is 5. The number of nitro benzene ring substituents is 1. The summed E-state index contributed by atoms with van der Waals surface area (Å²) in [6.07, 6.45) is 2.48. The molecule has 0 spiro atoms. The fourth-order valence-electron chi connectivity index (χ4n) is 3.17. The van der Waals surface area contributed by atoms with Crippen LogP contribution in [0.3, 0.4) is 0 Å². The van der Waals surface area contributed by atoms with Crippen molar-refractivity contribution in [3.63, 3.8) is 0 Å². The molecule has 0 radical (unpaired) electrons. The van der Waals surface area contributed by atoms with Crippen molar-refractivity contribution in [2.45, 2.75) is 25.3 Å². The molecule has 1 aromatic heterocycles. The minimum atomic E-state index is -0.675. The molecule has 1 N–H and O–H groups in total. The Morgan fingerprint density at radius 1 is 1.27 bits per heavy atom. The van der Waals surface area contributed by atoms with Crippen molar-refractivity contribution in [3.05, 3.63) is 56.3 Å². The molecule has 4 rings (SSSR count). The summed E-state index contributed by atoms with van der Waals surface area (Å²) in [7, 11) is 0. The first-order valence-electron chi connectivity index (χ1n) is 8.46. The molecule has 2 aliphatic rings. The Balaban J connectivity index is 1.74. The second-order valence-corrected chi connectivity index (χ2v) is 7.69. The molecule has 1 aromatic carbocycles. The predicted molar refractivity (Wildman–Crippen MR) is 97.5 cm³/mol. The van der Waals surface area contributed by atoms with Crippen LogP contribution in [0, 0.1) is 16.0 Å². The van der Waals surface area contributed by atoms with Crippen LogP contribution in [0.25, 0.3) is 0 Å². The summed E-state index contributed by atoms with van der Waals surface area (Å²) in [5.41, 5.74) is 0.516. The summed E-state index contributed by atoms with van der Waals surface area (Å²) in [5, 5.41) is 15.9. The molecule has 1 unspecified atom stereocenters. The fourth-order valence-corrected chi connectivity index (χ4v) is 3.92. The summed E-state index contributed by atoms with van der Waals surface area (Å²) in [6, 6.07) is 7.23. The third-order valence-electron chi connectivity index (χ3n) is 4.72. The highest BCUT2D eigenvalue weighted by Gasteiger charge is 2.37. The van der Waals surface area contributed by atoms with Crippen LogP contribution < -0.4 is 10.2 Å². The van der Waals surface area contributed by atoms with Crippen molar-refractivity contribution in [1.29, 1.82) is 0 Å². The lowest BCUT2D eigenvalue weighted by atomic mass is 10.1. The number of non-ortho nitro benzene ring substituents is 1. The first-order valence-corrected chi connectivity index (χ1v) is 9.34. The molecule has 0 bridgehead atoms. The molecule has 1 aliphatic carbocycles. The van der Waals surface area contributed by atoms with E-state index in [9.17, 15) is 19.7 Å². The molecule has 1 fully saturated rings. The first-order chi connectivity index (χ1) is 12.5. The molecule has 2 amide bonds. The minimum absolute atomic E-state index is 0.123. The standard InChI is InChI=1S/C18H17N3O4S/c22-17-14-6-5-12(21(24)25)8-16(14)20(10-11-3-4-11)18(23)15(19-17)9-13-2-1-7-26-13/h1-2,5-8,11,15H,3-4,9-10H2,(H,19,22). The predicted octanol–water partition coefficient (Wildman–Crippen LogP) is 2.75. The van der Waals surface area contributed by atoms with Gasteiger partial charge in [0.1, 0.15) is 6.04 Å². The number of thiophene rings is 1. The number of rotatable bonds is 5. The van der Waals surface area contributed by atoms with Gasteiger partial charge in [0, 0.05) is 30.0 Å². The maximum absolute atomic E-state index is 13.2. The van der Waals surface area contributed by atoms with E-state index < -0.39 is 11.0 Å². The maximum Gasteiger partial charge on any atom is 0.271 e. The Kier molecular flexibility index (Phi) is 4.20. The number of nitrogens with one attached hydrogen (secondary N) is 1. The zero-order valence-corrected chi connectivity index (χ0v) is 14.7. The van der Waals surface area contributed by atoms with Crippen molar-refractivity contribution in [2.24, 2.45) is 5.92 Å². The van der Waals surface area contributed by atoms with Gasteiger partial charge < -0.3 is 10.2 Å². The van der Waals surface area contributed by atoms with Crippen LogP contribution in [-0.4, -0.2) is 29.3 Å². The molecule has 8 heteroatoms. The SMILES string of the molecule is O=C1NC(Cc2cccs2)C(=O)N(CC2CC2)c2cc([N+](=O)[O-])ccc21. The second-order valence-electron chi connectivity index (χ2n) is 6.66. The number of hydrogen-bond donors (Lipinski definition) is 1. The highest BCUT2D eigenvalue weighted by atomic mass is 32.1. The van der Waals surface area contributed by atoms with Gasteiger partial charge in [0.15, 0.2) is 0 Å². The van der Waals surface area contributed by atoms with E-state index in [1.54, 1.807) is 4.90 Å². The minimum Gasteiger partial charge on any atom is -0.340 e. The number of amides is 2. The van der Waals surface area contributed by atoms with E-state index >= 15 is 0 Å². The van der Waals surface area contributed by atoms with Crippen molar-refractivity contribution < 1.29 is 14.5 Å². The van der Waals surface area contributed by atoms with Gasteiger partial charge in [-0.2, -0.15) is 0 Å². The van der Waals surface area contributed by atoms with Gasteiger partial charge in [-0.15, -0.1) is 11.3 Å². The number of anilines is 1. The quantitative estimate of drug-likeness (QED) is 0.646. The van der Waals surface area contributed by atoms with Crippen molar-refractivity contribution in [1.82, 2.24) is 5.32 Å². The Bertz CT molecular complexity index is 877. The lowest BCUT2D eigenvalue weighted by molar-refractivity contribution is -0.384. The highest BCUT2D eigenvalue weighted by Crippen LogP contribution is 2.35. The Morgan fingerprint density at radius 3 is 2.73 bits per heavy atom. The van der Waals surface area contributed by atoms with E-state index in [1.165, 1.54) is 29.5 Å². The summed E-state index contributed by atoms with van der Waals surface area (Å²) in [6.45, 7) is 0.489. The fraction of sp³-hybridized carbons (Fsp3) is 0.333. The third-order valence-corrected chi connectivity index (χ3v) is 5.62. The van der Waals surface area contributed by atoms with Crippen molar-refractivity contribution in [3.8, 4) is 0 Å². The van der Waals surface area contributed by atoms with Crippen LogP contribution in [0.15, 0.2) is 35.7 Å². The molecule has 1 aliphatic heterocycles. The summed E-state index contributed by atoms with van der Waals surface area (Å²) in [5.74, 6) is -0.192. The smallest absolute Gasteiger partial charge is 0.271 e. The Hall–Kier alpha value is -2.74. The van der Waals surface area contributed by atoms with Gasteiger partial charge in [0.25, 0.3) is 11.6 Å². The van der Waals surface area contributed by atoms with E-state index in [2.05, 4.69) is 5.32 Å². The summed E-state index contributed by atoms with van der Waals surface area (Å²) >= 11 is 1.53. The van der Waals surface area contributed by atoms with E-state index in [0.29, 0.717) is 30.1 Å². The van der Waals surface area contributed by atoms with Crippen LogP contribution in [0.1, 0.15) is 28.1 Å². The van der Waals surface area contributed by atoms with Crippen LogP contribution in [0.4, 0.5) is 11.4 Å². The van der Waals surface area contributed by atoms with E-state index in [-0.39, 0.29) is 17.5 Å². The number of carbonyl (C=O) groups excluding carboxylic acids is 2. The first kappa shape index (κ1) is 16.7. The molecular weight excluding hydrogens is 354 g/mol. The third kappa shape index (κ3) is 3.20. The molecular formula is C18H17N3O4S. The molecule has 1 saturated carbocycles. The van der Waals surface area contributed by atoms with Gasteiger partial charge in [-0.05, 0) is 36.3 Å². The van der Waals surface area contributed by atoms with E-state index in [0.717, 1.165) is 17.7 Å². The molecule has 2 heterocycles. The van der Waals surface area contributed by atoms with Crippen LogP contribution >= 0.6 is 11.3 Å². The molecule has 1 atom stereocenters. The van der Waals surface area contributed by atoms with E-state index in [4.69, 9.17) is 0 Å². The van der Waals surface area contributed by atoms with Gasteiger partial charge in [-0.25, -0.2) is 0 Å². The highest BCUT2D eigenvalue weighted by molar-refractivity contribution is 7.09. The molecule has 0 saturated heterocycles. The zero-order chi connectivity index (χ0) is 18.3. The number of nitro groups is 1. The topological polar surface area (TPSA) is 92.6 Å². The van der Waals surface area contributed by atoms with Gasteiger partial charge in [-0.1, -0.05) is 6.07 Å². The number of benzene rings is 1. The maximum atomic E-state index is 13.2. The number of fused-ring (bicyclic) bond motifs is 1. The van der Waals surface area contributed by atoms with Crippen molar-refractivity contribution >= 4 is 34.5 Å². The monoisotopic (exact) mass is 371 g/mol. The van der Waals surface area contributed by atoms with Gasteiger partial charge in [0.2, 0.25) is 5.91 Å². The van der Waals surface area contributed by atoms with Crippen LogP contribution in [-0.2, 0) is 11.2 Å². The summed E-state index contributed by atoms with van der Waals surface area (Å²) < 4.78 is 0. The molecule has 2 aromatic rings. The average molecular weight is 371 g/mol. The zero-order valence-electron chi connectivity index (χ0n) is 13.9. The lowest BCUT2D eigenvalue weighted by Gasteiger charge is -2.25. The van der Waals surface area contributed by atoms with Gasteiger partial charge in [0.05, 0.1) is 16.2 Å². The normalized spacial score (nSPS) is 19.7. The van der Waals surface area contributed by atoms with Gasteiger partial charge >= 0.3 is 0 Å². The largest absolute Gasteiger partial charge is 0.340 e. The average Bonchev–Trinajstić information content (AvgIpc) is 3.32. The lowest BCUT2D eigenvalue weighted by Crippen LogP contribution is -2.47. The van der Waals surface area contributed by atoms with Crippen molar-refractivity contribution in [2.75, 3.05) is 11.4 Å². The molecule has 134 valence electrons. The Morgan fingerprint density at radius 2 is 2.08 bits per heavy atom. The number of nitrogens with zero attached hydrogens (tertiary/aromatic N) is 2. The van der Waals surface area contributed by atoms with E-state index in [1.807, 2.05) is 17.5 Å². The van der Waals surface area contributed by atoms with Crippen LogP contribution in [0.2, 0.25) is 0 Å². The number of carbonyl (C=O) groups is 2. The summed E-state index contributed by atoms with van der Waals surface area (Å²) in [4.78, 5) is 39.1. The second kappa shape index (κ2) is 6.53. The molecule has 7 nitrogen and oxygen atoms in total. The molecule has 26 heavy (non-hydrogen) atoms. The van der Waals surface area contributed by atoms with Gasteiger partial charge in [-0.3, -0.25) is 19.7 Å².